The Kier molecular flexibility index (Phi) is 15.9. The summed E-state index contributed by atoms with van der Waals surface area (Å²) >= 11 is 7.33. The largest absolute Gasteiger partial charge is 0.493 e. The van der Waals surface area contributed by atoms with Crippen molar-refractivity contribution in [2.45, 2.75) is 110 Å². The van der Waals surface area contributed by atoms with Crippen LogP contribution < -0.4 is 15.1 Å². The van der Waals surface area contributed by atoms with Crippen LogP contribution in [0.25, 0.3) is 32.8 Å². The van der Waals surface area contributed by atoms with E-state index in [4.69, 9.17) is 40.1 Å². The molecule has 14 heteroatoms. The van der Waals surface area contributed by atoms with Crippen LogP contribution in [0.4, 0.5) is 13.2 Å². The first-order valence-electron chi connectivity index (χ1n) is 24.4. The van der Waals surface area contributed by atoms with E-state index in [-0.39, 0.29) is 44.2 Å². The smallest absolute Gasteiger partial charge is 0.355 e. The second kappa shape index (κ2) is 21.9. The number of ether oxygens (including phenoxy) is 4. The Labute approximate surface area is 414 Å². The number of halogens is 4. The first kappa shape index (κ1) is 50.9. The molecule has 0 bridgehead atoms. The van der Waals surface area contributed by atoms with Crippen molar-refractivity contribution in [2.75, 3.05) is 26.4 Å². The molecule has 0 aliphatic carbocycles. The molecule has 2 aromatic heterocycles. The lowest BCUT2D eigenvalue weighted by atomic mass is 9.97. The number of rotatable bonds is 20. The fourth-order valence-corrected chi connectivity index (χ4v) is 14.9. The standard InChI is InChI=1S/C56H63ClF3N3O6Si/c1-7-46-51(47(62(6)61-46)36-68-49-26-15-16-33-67-49)50-45(57)30-29-44-43(24-18-34-66-48-25-17-19-38-35-39(58)27-28-42(38)48)53(54(64)65-8-2)63(52(44)50)32-31-56(59,60)37-69-70(55(3,4)5,40-20-11-9-12-21-40)41-22-13-10-14-23-41/h9-14,17,19-23,25,27-30,35,49H,7-8,15-16,18,24,26,31-34,36-37H2,1-6H3. The average Bonchev–Trinajstić information content (AvgIpc) is 3.84. The van der Waals surface area contributed by atoms with Crippen molar-refractivity contribution in [2.24, 2.45) is 7.05 Å². The number of aromatic nitrogens is 3. The fourth-order valence-electron chi connectivity index (χ4n) is 10.1. The van der Waals surface area contributed by atoms with E-state index in [2.05, 4.69) is 20.8 Å². The van der Waals surface area contributed by atoms with E-state index >= 15 is 8.78 Å². The van der Waals surface area contributed by atoms with Gasteiger partial charge in [0.25, 0.3) is 14.2 Å². The average molecular weight is 995 g/mol. The van der Waals surface area contributed by atoms with Crippen molar-refractivity contribution in [3.63, 3.8) is 0 Å². The fraction of sp³-hybridized carbons (Fsp3) is 0.393. The zero-order chi connectivity index (χ0) is 49.6. The van der Waals surface area contributed by atoms with Gasteiger partial charge in [-0.15, -0.1) is 0 Å². The number of benzene rings is 5. The third-order valence-corrected chi connectivity index (χ3v) is 18.7. The summed E-state index contributed by atoms with van der Waals surface area (Å²) in [5.41, 5.74) is 4.06. The second-order valence-corrected chi connectivity index (χ2v) is 23.7. The van der Waals surface area contributed by atoms with Crippen LogP contribution in [0.3, 0.4) is 0 Å². The van der Waals surface area contributed by atoms with Crippen LogP contribution in [0.5, 0.6) is 5.75 Å². The summed E-state index contributed by atoms with van der Waals surface area (Å²) in [7, 11) is -1.49. The summed E-state index contributed by atoms with van der Waals surface area (Å²) in [4.78, 5) is 14.5. The number of aryl methyl sites for hydroxylation is 4. The van der Waals surface area contributed by atoms with Gasteiger partial charge < -0.3 is 27.9 Å². The maximum Gasteiger partial charge on any atom is 0.355 e. The molecule has 70 heavy (non-hydrogen) atoms. The van der Waals surface area contributed by atoms with E-state index in [0.717, 1.165) is 52.0 Å². The molecule has 370 valence electrons. The Hall–Kier alpha value is -5.44. The molecule has 1 fully saturated rings. The highest BCUT2D eigenvalue weighted by Crippen LogP contribution is 2.44. The van der Waals surface area contributed by atoms with Gasteiger partial charge in [0, 0.05) is 48.5 Å². The van der Waals surface area contributed by atoms with E-state index in [1.165, 1.54) is 12.1 Å². The molecular formula is C56H63ClF3N3O6Si. The summed E-state index contributed by atoms with van der Waals surface area (Å²) in [6.45, 7) is 9.85. The van der Waals surface area contributed by atoms with Gasteiger partial charge in [-0.2, -0.15) is 5.10 Å². The molecule has 9 nitrogen and oxygen atoms in total. The lowest BCUT2D eigenvalue weighted by Gasteiger charge is -2.43. The molecule has 3 heterocycles. The van der Waals surface area contributed by atoms with Crippen LogP contribution >= 0.6 is 11.6 Å². The molecule has 8 rings (SSSR count). The Morgan fingerprint density at radius 3 is 2.27 bits per heavy atom. The zero-order valence-electron chi connectivity index (χ0n) is 41.0. The van der Waals surface area contributed by atoms with Gasteiger partial charge in [-0.05, 0) is 102 Å². The SMILES string of the molecule is CCOC(=O)c1c(CCCOc2cccc3cc(F)ccc23)c2ccc(Cl)c(-c3c(CC)nn(C)c3COC3CCCCO3)c2n1CCC(F)(F)CO[Si](c1ccccc1)(c1ccccc1)C(C)(C)C. The third-order valence-electron chi connectivity index (χ3n) is 13.4. The zero-order valence-corrected chi connectivity index (χ0v) is 42.7. The number of hydrogen-bond acceptors (Lipinski definition) is 7. The monoisotopic (exact) mass is 993 g/mol. The lowest BCUT2D eigenvalue weighted by molar-refractivity contribution is -0.169. The highest BCUT2D eigenvalue weighted by atomic mass is 35.5. The van der Waals surface area contributed by atoms with E-state index in [0.29, 0.717) is 64.1 Å². The first-order valence-corrected chi connectivity index (χ1v) is 26.7. The molecule has 0 spiro atoms. The number of carbonyl (C=O) groups excluding carboxylic acids is 1. The Bertz CT molecular complexity index is 2870. The minimum absolute atomic E-state index is 0.0635. The van der Waals surface area contributed by atoms with Crippen molar-refractivity contribution in [3.8, 4) is 16.9 Å². The molecule has 5 aromatic carbocycles. The van der Waals surface area contributed by atoms with Gasteiger partial charge in [0.2, 0.25) is 0 Å². The van der Waals surface area contributed by atoms with Gasteiger partial charge in [-0.1, -0.05) is 118 Å². The first-order chi connectivity index (χ1) is 33.7. The van der Waals surface area contributed by atoms with E-state index in [1.807, 2.05) is 98.9 Å². The molecule has 1 atom stereocenters. The predicted octanol–water partition coefficient (Wildman–Crippen LogP) is 12.4. The molecule has 1 aliphatic rings. The van der Waals surface area contributed by atoms with Gasteiger partial charge in [-0.3, -0.25) is 4.68 Å². The Morgan fingerprint density at radius 2 is 1.61 bits per heavy atom. The maximum absolute atomic E-state index is 17.1. The number of hydrogen-bond donors (Lipinski definition) is 0. The normalized spacial score (nSPS) is 14.7. The van der Waals surface area contributed by atoms with Gasteiger partial charge in [0.1, 0.15) is 17.3 Å². The van der Waals surface area contributed by atoms with Gasteiger partial charge in [0.15, 0.2) is 6.29 Å². The number of alkyl halides is 2. The van der Waals surface area contributed by atoms with Crippen LogP contribution in [-0.2, 0) is 51.7 Å². The summed E-state index contributed by atoms with van der Waals surface area (Å²) in [6.07, 6.45) is 2.97. The minimum Gasteiger partial charge on any atom is -0.493 e. The predicted molar refractivity (Wildman–Crippen MR) is 274 cm³/mol. The van der Waals surface area contributed by atoms with Crippen LogP contribution in [0.1, 0.15) is 94.2 Å². The van der Waals surface area contributed by atoms with Gasteiger partial charge in [0.05, 0.1) is 48.4 Å². The van der Waals surface area contributed by atoms with Crippen LogP contribution in [0.2, 0.25) is 10.1 Å². The summed E-state index contributed by atoms with van der Waals surface area (Å²) in [5, 5.41) is 8.70. The van der Waals surface area contributed by atoms with Crippen LogP contribution in [0, 0.1) is 5.82 Å². The highest BCUT2D eigenvalue weighted by Gasteiger charge is 2.52. The number of fused-ring (bicyclic) bond motifs is 2. The lowest BCUT2D eigenvalue weighted by Crippen LogP contribution is -2.67. The van der Waals surface area contributed by atoms with E-state index in [9.17, 15) is 9.18 Å². The quantitative estimate of drug-likeness (QED) is 0.0427. The van der Waals surface area contributed by atoms with Crippen molar-refractivity contribution >= 4 is 57.9 Å². The maximum atomic E-state index is 17.1. The van der Waals surface area contributed by atoms with Gasteiger partial charge in [-0.25, -0.2) is 18.0 Å². The number of carbonyl (C=O) groups is 1. The van der Waals surface area contributed by atoms with Gasteiger partial charge >= 0.3 is 5.97 Å². The third kappa shape index (κ3) is 10.6. The summed E-state index contributed by atoms with van der Waals surface area (Å²) in [6, 6.07) is 33.1. The van der Waals surface area contributed by atoms with E-state index in [1.54, 1.807) is 28.3 Å². The molecular weight excluding hydrogens is 931 g/mol. The molecule has 0 amide bonds. The Balaban J connectivity index is 1.22. The number of nitrogens with zero attached hydrogens (tertiary/aromatic N) is 3. The molecule has 1 unspecified atom stereocenters. The minimum atomic E-state index is -3.36. The Morgan fingerprint density at radius 1 is 0.900 bits per heavy atom. The van der Waals surface area contributed by atoms with Crippen molar-refractivity contribution in [1.29, 1.82) is 0 Å². The molecule has 0 saturated carbocycles. The highest BCUT2D eigenvalue weighted by molar-refractivity contribution is 6.99. The number of esters is 1. The summed E-state index contributed by atoms with van der Waals surface area (Å²) < 4.78 is 83.0. The van der Waals surface area contributed by atoms with Crippen molar-refractivity contribution in [3.05, 3.63) is 143 Å². The summed E-state index contributed by atoms with van der Waals surface area (Å²) in [5.74, 6) is -3.74. The van der Waals surface area contributed by atoms with Crippen molar-refractivity contribution < 1.29 is 41.3 Å². The molecule has 0 N–H and O–H groups in total. The molecule has 7 aromatic rings. The second-order valence-electron chi connectivity index (χ2n) is 19.0. The van der Waals surface area contributed by atoms with E-state index < -0.39 is 38.3 Å². The molecule has 1 aliphatic heterocycles. The molecule has 0 radical (unpaired) electrons. The van der Waals surface area contributed by atoms with Crippen molar-refractivity contribution in [1.82, 2.24) is 14.3 Å². The van der Waals surface area contributed by atoms with Crippen LogP contribution in [-0.4, -0.2) is 67.3 Å². The van der Waals surface area contributed by atoms with Crippen LogP contribution in [0.15, 0.2) is 109 Å². The topological polar surface area (TPSA) is 86.0 Å². The molecule has 1 saturated heterocycles.